The van der Waals surface area contributed by atoms with E-state index in [1.54, 1.807) is 24.3 Å². The minimum absolute atomic E-state index is 0.465. The number of aliphatic imine (C=N–C) groups is 1. The number of primary amides is 1. The maximum atomic E-state index is 10.8. The molecule has 0 bridgehead atoms. The highest BCUT2D eigenvalue weighted by molar-refractivity contribution is 6.30. The number of nitrogens with zero attached hydrogens (tertiary/aromatic N) is 1. The second-order valence-electron chi connectivity index (χ2n) is 3.92. The molecule has 4 N–H and O–H groups in total. The smallest absolute Gasteiger partial charge is 0.330 e. The number of carbonyl (C=O) groups excluding carboxylic acids is 1. The molecule has 6 heteroatoms. The predicted molar refractivity (Wildman–Crippen MR) is 79.9 cm³/mol. The standard InChI is InChI=1S/C14H13ClN4O/c15-11-8-6-10(7-9-11)13(18-19-14(16)20)17-12-4-2-1-3-5-12/h1-9H,(H,17,18)(H3,16,19,20). The number of amidine groups is 1. The number of hydrogen-bond donors (Lipinski definition) is 3. The number of nitrogens with one attached hydrogen (secondary N) is 2. The number of benzene rings is 2. The predicted octanol–water partition coefficient (Wildman–Crippen LogP) is 2.59. The van der Waals surface area contributed by atoms with E-state index in [0.29, 0.717) is 10.9 Å². The van der Waals surface area contributed by atoms with E-state index in [9.17, 15) is 4.79 Å². The highest BCUT2D eigenvalue weighted by atomic mass is 35.5. The van der Waals surface area contributed by atoms with Crippen LogP contribution in [0.15, 0.2) is 59.6 Å². The summed E-state index contributed by atoms with van der Waals surface area (Å²) in [5, 5.41) is 0.621. The first-order valence-electron chi connectivity index (χ1n) is 5.86. The molecule has 2 aromatic carbocycles. The van der Waals surface area contributed by atoms with Crippen molar-refractivity contribution < 1.29 is 4.79 Å². The van der Waals surface area contributed by atoms with Gasteiger partial charge in [0, 0.05) is 10.6 Å². The van der Waals surface area contributed by atoms with Gasteiger partial charge in [0.15, 0.2) is 5.84 Å². The summed E-state index contributed by atoms with van der Waals surface area (Å²) in [5.74, 6) is 0.465. The average molecular weight is 289 g/mol. The molecule has 0 unspecified atom stereocenters. The number of urea groups is 1. The molecule has 0 saturated carbocycles. The van der Waals surface area contributed by atoms with Gasteiger partial charge >= 0.3 is 6.03 Å². The highest BCUT2D eigenvalue weighted by Gasteiger charge is 2.04. The number of hydrazine groups is 1. The Labute approximate surface area is 121 Å². The molecule has 0 aliphatic heterocycles. The Balaban J connectivity index is 2.31. The van der Waals surface area contributed by atoms with Crippen LogP contribution in [0.1, 0.15) is 5.56 Å². The SMILES string of the molecule is NC(=O)NNC(=Nc1ccccc1)c1ccc(Cl)cc1. The second-order valence-corrected chi connectivity index (χ2v) is 4.35. The van der Waals surface area contributed by atoms with Crippen LogP contribution in [0, 0.1) is 0 Å². The molecule has 0 fully saturated rings. The van der Waals surface area contributed by atoms with Gasteiger partial charge in [-0.1, -0.05) is 29.8 Å². The van der Waals surface area contributed by atoms with Crippen LogP contribution >= 0.6 is 11.6 Å². The Hall–Kier alpha value is -2.53. The summed E-state index contributed by atoms with van der Waals surface area (Å²) in [7, 11) is 0. The summed E-state index contributed by atoms with van der Waals surface area (Å²) in [6.45, 7) is 0. The third-order valence-corrected chi connectivity index (χ3v) is 2.67. The molecule has 2 aromatic rings. The van der Waals surface area contributed by atoms with Crippen LogP contribution in [0.2, 0.25) is 5.02 Å². The topological polar surface area (TPSA) is 79.5 Å². The zero-order valence-electron chi connectivity index (χ0n) is 10.5. The number of para-hydroxylation sites is 1. The first-order chi connectivity index (χ1) is 9.65. The molecule has 2 rings (SSSR count). The van der Waals surface area contributed by atoms with E-state index in [1.807, 2.05) is 30.3 Å². The molecule has 2 amide bonds. The van der Waals surface area contributed by atoms with Crippen LogP contribution in [0.5, 0.6) is 0 Å². The molecule has 0 heterocycles. The molecule has 102 valence electrons. The first kappa shape index (κ1) is 13.9. The van der Waals surface area contributed by atoms with Gasteiger partial charge in [-0.25, -0.2) is 9.79 Å². The Morgan fingerprint density at radius 3 is 2.25 bits per heavy atom. The lowest BCUT2D eigenvalue weighted by Gasteiger charge is -2.10. The Morgan fingerprint density at radius 2 is 1.65 bits per heavy atom. The molecule has 0 saturated heterocycles. The summed E-state index contributed by atoms with van der Waals surface area (Å²) in [4.78, 5) is 15.2. The summed E-state index contributed by atoms with van der Waals surface area (Å²) in [6.07, 6.45) is 0. The molecular formula is C14H13ClN4O. The lowest BCUT2D eigenvalue weighted by Crippen LogP contribution is -2.44. The molecule has 0 spiro atoms. The molecular weight excluding hydrogens is 276 g/mol. The van der Waals surface area contributed by atoms with Crippen LogP contribution in [0.4, 0.5) is 10.5 Å². The number of amides is 2. The maximum absolute atomic E-state index is 10.8. The van der Waals surface area contributed by atoms with Crippen molar-refractivity contribution in [2.24, 2.45) is 10.7 Å². The van der Waals surface area contributed by atoms with Crippen LogP contribution in [0.3, 0.4) is 0 Å². The highest BCUT2D eigenvalue weighted by Crippen LogP contribution is 2.14. The lowest BCUT2D eigenvalue weighted by molar-refractivity contribution is 0.247. The van der Waals surface area contributed by atoms with Crippen molar-refractivity contribution in [3.63, 3.8) is 0 Å². The number of carbonyl (C=O) groups is 1. The molecule has 5 nitrogen and oxygen atoms in total. The van der Waals surface area contributed by atoms with E-state index in [2.05, 4.69) is 15.8 Å². The quantitative estimate of drug-likeness (QED) is 0.451. The van der Waals surface area contributed by atoms with Gasteiger partial charge in [-0.05, 0) is 36.4 Å². The molecule has 0 aliphatic rings. The molecule has 0 aromatic heterocycles. The van der Waals surface area contributed by atoms with Crippen molar-refractivity contribution in [2.45, 2.75) is 0 Å². The van der Waals surface area contributed by atoms with Crippen LogP contribution in [-0.4, -0.2) is 11.9 Å². The minimum atomic E-state index is -0.695. The zero-order valence-corrected chi connectivity index (χ0v) is 11.3. The van der Waals surface area contributed by atoms with E-state index in [-0.39, 0.29) is 0 Å². The van der Waals surface area contributed by atoms with E-state index in [4.69, 9.17) is 17.3 Å². The Bertz CT molecular complexity index is 611. The Morgan fingerprint density at radius 1 is 1.00 bits per heavy atom. The monoisotopic (exact) mass is 288 g/mol. The van der Waals surface area contributed by atoms with E-state index >= 15 is 0 Å². The van der Waals surface area contributed by atoms with Crippen LogP contribution in [-0.2, 0) is 0 Å². The van der Waals surface area contributed by atoms with Crippen molar-refractivity contribution in [3.8, 4) is 0 Å². The Kier molecular flexibility index (Phi) is 4.57. The summed E-state index contributed by atoms with van der Waals surface area (Å²) >= 11 is 5.85. The van der Waals surface area contributed by atoms with Gasteiger partial charge < -0.3 is 5.73 Å². The van der Waals surface area contributed by atoms with Gasteiger partial charge in [-0.2, -0.15) is 0 Å². The molecule has 20 heavy (non-hydrogen) atoms. The maximum Gasteiger partial charge on any atom is 0.330 e. The van der Waals surface area contributed by atoms with Gasteiger partial charge in [0.05, 0.1) is 5.69 Å². The third kappa shape index (κ3) is 4.00. The third-order valence-electron chi connectivity index (χ3n) is 2.42. The van der Waals surface area contributed by atoms with Crippen molar-refractivity contribution in [2.75, 3.05) is 0 Å². The van der Waals surface area contributed by atoms with Crippen LogP contribution < -0.4 is 16.6 Å². The number of rotatable bonds is 2. The fraction of sp³-hybridized carbons (Fsp3) is 0. The second kappa shape index (κ2) is 6.58. The molecule has 0 radical (unpaired) electrons. The minimum Gasteiger partial charge on any atom is -0.350 e. The van der Waals surface area contributed by atoms with Crippen molar-refractivity contribution in [1.82, 2.24) is 10.9 Å². The van der Waals surface area contributed by atoms with E-state index < -0.39 is 6.03 Å². The van der Waals surface area contributed by atoms with E-state index in [0.717, 1.165) is 11.3 Å². The van der Waals surface area contributed by atoms with Gasteiger partial charge in [-0.15, -0.1) is 0 Å². The van der Waals surface area contributed by atoms with Crippen molar-refractivity contribution >= 4 is 29.2 Å². The lowest BCUT2D eigenvalue weighted by atomic mass is 10.2. The average Bonchev–Trinajstić information content (AvgIpc) is 2.45. The fourth-order valence-electron chi connectivity index (χ4n) is 1.52. The van der Waals surface area contributed by atoms with Gasteiger partial charge in [-0.3, -0.25) is 10.9 Å². The zero-order chi connectivity index (χ0) is 14.4. The van der Waals surface area contributed by atoms with Crippen molar-refractivity contribution in [3.05, 3.63) is 65.2 Å². The normalized spacial score (nSPS) is 10.9. The number of nitrogens with two attached hydrogens (primary N) is 1. The number of hydrogen-bond acceptors (Lipinski definition) is 2. The molecule has 0 aliphatic carbocycles. The van der Waals surface area contributed by atoms with Gasteiger partial charge in [0.2, 0.25) is 0 Å². The van der Waals surface area contributed by atoms with Crippen LogP contribution in [0.25, 0.3) is 0 Å². The molecule has 0 atom stereocenters. The largest absolute Gasteiger partial charge is 0.350 e. The van der Waals surface area contributed by atoms with E-state index in [1.165, 1.54) is 0 Å². The first-order valence-corrected chi connectivity index (χ1v) is 6.24. The fourth-order valence-corrected chi connectivity index (χ4v) is 1.65. The summed E-state index contributed by atoms with van der Waals surface area (Å²) in [6, 6.07) is 15.7. The number of halogens is 1. The summed E-state index contributed by atoms with van der Waals surface area (Å²) in [5.41, 5.74) is 11.6. The van der Waals surface area contributed by atoms with Gasteiger partial charge in [0.25, 0.3) is 0 Å². The summed E-state index contributed by atoms with van der Waals surface area (Å²) < 4.78 is 0. The van der Waals surface area contributed by atoms with Gasteiger partial charge in [0.1, 0.15) is 0 Å². The van der Waals surface area contributed by atoms with Crippen molar-refractivity contribution in [1.29, 1.82) is 0 Å².